The Balaban J connectivity index is 2.19. The molecular formula is C3H9NSn. The summed E-state index contributed by atoms with van der Waals surface area (Å²) in [4.78, 5) is 0. The van der Waals surface area contributed by atoms with Crippen molar-refractivity contribution in [1.82, 2.24) is 3.54 Å². The van der Waals surface area contributed by atoms with Gasteiger partial charge in [0.2, 0.25) is 0 Å². The zero-order valence-corrected chi connectivity index (χ0v) is 6.56. The van der Waals surface area contributed by atoms with Crippen molar-refractivity contribution in [2.24, 2.45) is 0 Å². The van der Waals surface area contributed by atoms with E-state index < -0.39 is 0 Å². The van der Waals surface area contributed by atoms with Crippen molar-refractivity contribution in [3.8, 4) is 0 Å². The van der Waals surface area contributed by atoms with Crippen LogP contribution in [0.1, 0.15) is 6.92 Å². The van der Waals surface area contributed by atoms with E-state index in [1.807, 2.05) is 7.05 Å². The third-order valence-corrected chi connectivity index (χ3v) is 2.37. The van der Waals surface area contributed by atoms with E-state index in [2.05, 4.69) is 10.5 Å². The minimum atomic E-state index is -0.0322. The molecule has 2 heteroatoms. The van der Waals surface area contributed by atoms with Crippen molar-refractivity contribution in [3.05, 3.63) is 0 Å². The summed E-state index contributed by atoms with van der Waals surface area (Å²) in [6.45, 7) is 2.22. The molecule has 2 radical (unpaired) electrons. The van der Waals surface area contributed by atoms with Crippen LogP contribution in [0.15, 0.2) is 0 Å². The topological polar surface area (TPSA) is 12.0 Å². The first kappa shape index (κ1) is 5.76. The van der Waals surface area contributed by atoms with E-state index in [1.165, 1.54) is 4.44 Å². The number of rotatable bonds is 2. The third kappa shape index (κ3) is 4.76. The Morgan fingerprint density at radius 3 is 2.40 bits per heavy atom. The van der Waals surface area contributed by atoms with Crippen molar-refractivity contribution in [3.63, 3.8) is 0 Å². The van der Waals surface area contributed by atoms with Gasteiger partial charge in [-0.15, -0.1) is 0 Å². The second-order valence-corrected chi connectivity index (χ2v) is 5.23. The normalized spacial score (nSPS) is 8.40. The number of nitrogens with one attached hydrogen (secondary N) is 1. The molecule has 0 heterocycles. The zero-order chi connectivity index (χ0) is 4.12. The van der Waals surface area contributed by atoms with Crippen LogP contribution in [-0.4, -0.2) is 28.5 Å². The summed E-state index contributed by atoms with van der Waals surface area (Å²) in [5.41, 5.74) is 0. The molecule has 0 aliphatic carbocycles. The van der Waals surface area contributed by atoms with Crippen LogP contribution in [0.4, 0.5) is 0 Å². The van der Waals surface area contributed by atoms with Crippen molar-refractivity contribution in [2.45, 2.75) is 11.4 Å². The molecule has 0 aromatic carbocycles. The first-order valence-corrected chi connectivity index (χ1v) is 5.26. The monoisotopic (exact) mass is 179 g/mol. The van der Waals surface area contributed by atoms with Crippen LogP contribution in [-0.2, 0) is 0 Å². The van der Waals surface area contributed by atoms with E-state index in [1.54, 1.807) is 0 Å². The van der Waals surface area contributed by atoms with Gasteiger partial charge in [-0.1, -0.05) is 0 Å². The average Bonchev–Trinajstić information content (AvgIpc) is 1.41. The van der Waals surface area contributed by atoms with E-state index >= 15 is 0 Å². The van der Waals surface area contributed by atoms with Crippen molar-refractivity contribution in [1.29, 1.82) is 0 Å². The van der Waals surface area contributed by atoms with Gasteiger partial charge in [0.1, 0.15) is 0 Å². The predicted molar refractivity (Wildman–Crippen MR) is 25.3 cm³/mol. The van der Waals surface area contributed by atoms with Gasteiger partial charge in [0, 0.05) is 0 Å². The van der Waals surface area contributed by atoms with Gasteiger partial charge in [-0.05, 0) is 0 Å². The van der Waals surface area contributed by atoms with E-state index in [9.17, 15) is 0 Å². The van der Waals surface area contributed by atoms with Gasteiger partial charge in [0.05, 0.1) is 0 Å². The Bertz CT molecular complexity index is 14.4. The molecule has 0 unspecified atom stereocenters. The van der Waals surface area contributed by atoms with E-state index in [0.29, 0.717) is 0 Å². The molecule has 0 atom stereocenters. The Hall–Kier alpha value is 0.759. The number of hydrogen-bond acceptors (Lipinski definition) is 1. The molecule has 0 spiro atoms. The summed E-state index contributed by atoms with van der Waals surface area (Å²) in [5, 5.41) is 0. The minimum absolute atomic E-state index is 0.0322. The molecule has 0 amide bonds. The van der Waals surface area contributed by atoms with E-state index in [-0.39, 0.29) is 21.4 Å². The fourth-order valence-corrected chi connectivity index (χ4v) is 1.19. The van der Waals surface area contributed by atoms with Crippen molar-refractivity contribution in [2.75, 3.05) is 7.05 Å². The molecule has 0 saturated heterocycles. The van der Waals surface area contributed by atoms with Gasteiger partial charge in [0.25, 0.3) is 0 Å². The average molecular weight is 178 g/mol. The van der Waals surface area contributed by atoms with Gasteiger partial charge in [-0.25, -0.2) is 0 Å². The molecule has 0 aliphatic heterocycles. The van der Waals surface area contributed by atoms with Gasteiger partial charge < -0.3 is 0 Å². The second kappa shape index (κ2) is 4.76. The summed E-state index contributed by atoms with van der Waals surface area (Å²) in [6, 6.07) is 0. The summed E-state index contributed by atoms with van der Waals surface area (Å²) in [7, 11) is 2.04. The Morgan fingerprint density at radius 1 is 1.80 bits per heavy atom. The van der Waals surface area contributed by atoms with Crippen LogP contribution in [0.2, 0.25) is 4.44 Å². The Kier molecular flexibility index (Phi) is 5.48. The van der Waals surface area contributed by atoms with Crippen LogP contribution in [0.5, 0.6) is 0 Å². The Labute approximate surface area is 43.7 Å². The van der Waals surface area contributed by atoms with Gasteiger partial charge in [0.15, 0.2) is 0 Å². The summed E-state index contributed by atoms with van der Waals surface area (Å²) in [5.74, 6) is 0. The first-order valence-electron chi connectivity index (χ1n) is 1.81. The SMILES string of the molecule is C[CH2][Sn][NH]C. The maximum atomic E-state index is 3.19. The van der Waals surface area contributed by atoms with Crippen LogP contribution in [0, 0.1) is 0 Å². The number of hydrogen-bond donors (Lipinski definition) is 1. The molecule has 0 aromatic rings. The third-order valence-electron chi connectivity index (χ3n) is 0.354. The van der Waals surface area contributed by atoms with Crippen molar-refractivity contribution >= 4 is 21.4 Å². The predicted octanol–water partition coefficient (Wildman–Crippen LogP) is 0.263. The summed E-state index contributed by atoms with van der Waals surface area (Å²) in [6.07, 6.45) is 0. The molecule has 0 rings (SSSR count). The molecule has 5 heavy (non-hydrogen) atoms. The molecule has 30 valence electrons. The summed E-state index contributed by atoms with van der Waals surface area (Å²) < 4.78 is 4.59. The molecule has 1 N–H and O–H groups in total. The fourth-order valence-electron chi connectivity index (χ4n) is 0.177. The summed E-state index contributed by atoms with van der Waals surface area (Å²) >= 11 is -0.0322. The molecule has 0 fully saturated rings. The molecule has 0 bridgehead atoms. The first-order chi connectivity index (χ1) is 2.41. The van der Waals surface area contributed by atoms with E-state index in [0.717, 1.165) is 0 Å². The molecule has 1 nitrogen and oxygen atoms in total. The van der Waals surface area contributed by atoms with Gasteiger partial charge >= 0.3 is 43.4 Å². The van der Waals surface area contributed by atoms with E-state index in [4.69, 9.17) is 0 Å². The van der Waals surface area contributed by atoms with Crippen LogP contribution in [0.25, 0.3) is 0 Å². The van der Waals surface area contributed by atoms with Gasteiger partial charge in [-0.3, -0.25) is 0 Å². The van der Waals surface area contributed by atoms with Crippen molar-refractivity contribution < 1.29 is 0 Å². The standard InChI is InChI=1S/C2H5.CH4N.Sn/c2*1-2;/h1H2,2H3;2H,1H3;/q;-1;+1. The molecule has 0 saturated carbocycles. The molecule has 0 aromatic heterocycles. The van der Waals surface area contributed by atoms with Crippen LogP contribution in [0.3, 0.4) is 0 Å². The van der Waals surface area contributed by atoms with Crippen LogP contribution < -0.4 is 3.54 Å². The maximum absolute atomic E-state index is 3.19. The van der Waals surface area contributed by atoms with Crippen LogP contribution >= 0.6 is 0 Å². The fraction of sp³-hybridized carbons (Fsp3) is 1.00. The second-order valence-electron chi connectivity index (χ2n) is 0.780. The van der Waals surface area contributed by atoms with Gasteiger partial charge in [-0.2, -0.15) is 0 Å². The quantitative estimate of drug-likeness (QED) is 0.598. The Morgan fingerprint density at radius 2 is 2.40 bits per heavy atom. The molecule has 0 aliphatic rings. The molecular weight excluding hydrogens is 169 g/mol. The zero-order valence-electron chi connectivity index (χ0n) is 3.71.